The minimum absolute atomic E-state index is 0.532. The zero-order valence-corrected chi connectivity index (χ0v) is 33.2. The summed E-state index contributed by atoms with van der Waals surface area (Å²) in [5.74, 6) is 0. The number of nitrogens with two attached hydrogens (primary N) is 1. The molecule has 0 fully saturated rings. The predicted molar refractivity (Wildman–Crippen MR) is 255 cm³/mol. The first-order valence-electron chi connectivity index (χ1n) is 20.7. The topological polar surface area (TPSA) is 61.4 Å². The molecule has 61 heavy (non-hydrogen) atoms. The number of benzene rings is 8. The first-order valence-corrected chi connectivity index (χ1v) is 20.7. The van der Waals surface area contributed by atoms with Crippen LogP contribution in [0.4, 0.5) is 0 Å². The van der Waals surface area contributed by atoms with Crippen molar-refractivity contribution in [1.29, 1.82) is 0 Å². The van der Waals surface area contributed by atoms with E-state index in [-0.39, 0.29) is 0 Å². The molecule has 0 amide bonds. The molecule has 2 N–H and O–H groups in total. The standard InChI is InChI=1S/C56H38N4O/c57-55(37-13-3-1-4-14-37)45-19-7-10-20-48(45)58-35-36-23-27-41(28-24-36)60-51-31-26-39(34-47(51)54-52(60)32-29-44-43-18-9-12-22-53(43)61-56(44)54)38-25-30-50-46(33-38)42-17-8-11-21-49(42)59(50)40-15-5-2-6-16-40/h1-34H,35,57H2/b55-45-,58-48?. The Bertz CT molecular complexity index is 3650. The van der Waals surface area contributed by atoms with E-state index in [4.69, 9.17) is 15.1 Å². The van der Waals surface area contributed by atoms with E-state index in [0.29, 0.717) is 6.54 Å². The molecule has 0 atom stereocenters. The maximum Gasteiger partial charge on any atom is 0.145 e. The van der Waals surface area contributed by atoms with Gasteiger partial charge in [0.25, 0.3) is 0 Å². The summed E-state index contributed by atoms with van der Waals surface area (Å²) < 4.78 is 11.5. The Hall–Kier alpha value is -8.15. The van der Waals surface area contributed by atoms with Gasteiger partial charge in [-0.1, -0.05) is 127 Å². The molecule has 12 rings (SSSR count). The lowest BCUT2D eigenvalue weighted by Gasteiger charge is -2.12. The van der Waals surface area contributed by atoms with E-state index >= 15 is 0 Å². The fourth-order valence-electron chi connectivity index (χ4n) is 9.29. The maximum atomic E-state index is 6.73. The van der Waals surface area contributed by atoms with Gasteiger partial charge in [0.15, 0.2) is 0 Å². The van der Waals surface area contributed by atoms with Crippen LogP contribution in [-0.2, 0) is 6.54 Å². The summed E-state index contributed by atoms with van der Waals surface area (Å²) in [6, 6.07) is 64.7. The minimum atomic E-state index is 0.532. The fraction of sp³-hybridized carbons (Fsp3) is 0.0179. The Morgan fingerprint density at radius 3 is 1.90 bits per heavy atom. The van der Waals surface area contributed by atoms with Crippen molar-refractivity contribution in [2.45, 2.75) is 6.54 Å². The second-order valence-electron chi connectivity index (χ2n) is 15.7. The van der Waals surface area contributed by atoms with Gasteiger partial charge in [0.05, 0.1) is 39.7 Å². The van der Waals surface area contributed by atoms with Crippen molar-refractivity contribution in [2.24, 2.45) is 10.7 Å². The summed E-state index contributed by atoms with van der Waals surface area (Å²) in [6.07, 6.45) is 8.10. The molecule has 0 aliphatic heterocycles. The minimum Gasteiger partial charge on any atom is -0.455 e. The molecule has 5 nitrogen and oxygen atoms in total. The van der Waals surface area contributed by atoms with Crippen molar-refractivity contribution < 1.29 is 4.42 Å². The monoisotopic (exact) mass is 782 g/mol. The normalized spacial score (nSPS) is 14.5. The van der Waals surface area contributed by atoms with Crippen LogP contribution >= 0.6 is 0 Å². The Balaban J connectivity index is 0.983. The highest BCUT2D eigenvalue weighted by Crippen LogP contribution is 2.42. The molecular weight excluding hydrogens is 745 g/mol. The van der Waals surface area contributed by atoms with Gasteiger partial charge in [0, 0.05) is 49.6 Å². The highest BCUT2D eigenvalue weighted by molar-refractivity contribution is 6.24. The second-order valence-corrected chi connectivity index (χ2v) is 15.7. The van der Waals surface area contributed by atoms with Crippen LogP contribution in [-0.4, -0.2) is 14.8 Å². The smallest absolute Gasteiger partial charge is 0.145 e. The number of para-hydroxylation sites is 3. The number of hydrogen-bond acceptors (Lipinski definition) is 3. The van der Waals surface area contributed by atoms with Gasteiger partial charge in [-0.3, -0.25) is 4.99 Å². The van der Waals surface area contributed by atoms with Crippen LogP contribution in [0.15, 0.2) is 221 Å². The van der Waals surface area contributed by atoms with Crippen LogP contribution in [0.25, 0.3) is 93.7 Å². The number of allylic oxidation sites excluding steroid dienone is 5. The Morgan fingerprint density at radius 2 is 1.10 bits per heavy atom. The summed E-state index contributed by atoms with van der Waals surface area (Å²) in [6.45, 7) is 0.532. The quantitative estimate of drug-likeness (QED) is 0.183. The molecule has 5 heteroatoms. The van der Waals surface area contributed by atoms with Crippen molar-refractivity contribution in [2.75, 3.05) is 0 Å². The average Bonchev–Trinajstić information content (AvgIpc) is 3.99. The van der Waals surface area contributed by atoms with Crippen LogP contribution in [0, 0.1) is 0 Å². The molecule has 0 saturated carbocycles. The van der Waals surface area contributed by atoms with Gasteiger partial charge in [-0.05, 0) is 101 Å². The van der Waals surface area contributed by atoms with E-state index in [1.807, 2.05) is 60.7 Å². The predicted octanol–water partition coefficient (Wildman–Crippen LogP) is 13.9. The zero-order valence-electron chi connectivity index (χ0n) is 33.2. The van der Waals surface area contributed by atoms with Gasteiger partial charge in [-0.25, -0.2) is 0 Å². The van der Waals surface area contributed by atoms with Crippen molar-refractivity contribution in [3.8, 4) is 22.5 Å². The van der Waals surface area contributed by atoms with E-state index in [1.54, 1.807) is 0 Å². The lowest BCUT2D eigenvalue weighted by Crippen LogP contribution is -2.09. The molecule has 1 aliphatic carbocycles. The average molecular weight is 783 g/mol. The molecule has 8 aromatic carbocycles. The molecule has 0 unspecified atom stereocenters. The molecule has 1 aliphatic rings. The Kier molecular flexibility index (Phi) is 8.00. The largest absolute Gasteiger partial charge is 0.455 e. The molecular formula is C56H38N4O. The fourth-order valence-corrected chi connectivity index (χ4v) is 9.29. The Labute approximate surface area is 351 Å². The SMILES string of the molecule is N/C(=C1/C=CC=CC1=NCc1ccc(-n2c3ccc(-c4ccc5c(c4)c4ccccc4n5-c4ccccc4)cc3c3c4oc5ccccc5c4ccc32)cc1)c1ccccc1. The number of rotatable bonds is 6. The molecule has 3 aromatic heterocycles. The number of hydrogen-bond donors (Lipinski definition) is 1. The maximum absolute atomic E-state index is 6.73. The van der Waals surface area contributed by atoms with Crippen LogP contribution < -0.4 is 5.73 Å². The van der Waals surface area contributed by atoms with E-state index in [2.05, 4.69) is 155 Å². The summed E-state index contributed by atoms with van der Waals surface area (Å²) in [4.78, 5) is 5.04. The van der Waals surface area contributed by atoms with Gasteiger partial charge >= 0.3 is 0 Å². The molecule has 0 spiro atoms. The summed E-state index contributed by atoms with van der Waals surface area (Å²) >= 11 is 0. The van der Waals surface area contributed by atoms with Gasteiger partial charge in [0.1, 0.15) is 11.2 Å². The molecule has 0 saturated heterocycles. The van der Waals surface area contributed by atoms with E-state index in [1.165, 1.54) is 27.4 Å². The lowest BCUT2D eigenvalue weighted by atomic mass is 9.99. The number of fused-ring (bicyclic) bond motifs is 10. The van der Waals surface area contributed by atoms with E-state index in [0.717, 1.165) is 88.8 Å². The molecule has 11 aromatic rings. The van der Waals surface area contributed by atoms with Crippen LogP contribution in [0.3, 0.4) is 0 Å². The summed E-state index contributed by atoms with van der Waals surface area (Å²) in [5.41, 5.74) is 22.2. The van der Waals surface area contributed by atoms with Crippen molar-refractivity contribution >= 4 is 77.0 Å². The highest BCUT2D eigenvalue weighted by atomic mass is 16.3. The third-order valence-corrected chi connectivity index (χ3v) is 12.2. The van der Waals surface area contributed by atoms with Gasteiger partial charge < -0.3 is 19.3 Å². The van der Waals surface area contributed by atoms with E-state index in [9.17, 15) is 0 Å². The molecule has 288 valence electrons. The van der Waals surface area contributed by atoms with Crippen molar-refractivity contribution in [3.05, 3.63) is 223 Å². The summed E-state index contributed by atoms with van der Waals surface area (Å²) in [7, 11) is 0. The third kappa shape index (κ3) is 5.66. The number of aromatic nitrogens is 2. The number of furan rings is 1. The van der Waals surface area contributed by atoms with Gasteiger partial charge in [-0.15, -0.1) is 0 Å². The summed E-state index contributed by atoms with van der Waals surface area (Å²) in [5, 5.41) is 6.95. The van der Waals surface area contributed by atoms with Crippen LogP contribution in [0.5, 0.6) is 0 Å². The molecule has 0 radical (unpaired) electrons. The number of nitrogens with zero attached hydrogens (tertiary/aromatic N) is 3. The van der Waals surface area contributed by atoms with Crippen LogP contribution in [0.1, 0.15) is 11.1 Å². The van der Waals surface area contributed by atoms with Gasteiger partial charge in [0.2, 0.25) is 0 Å². The second kappa shape index (κ2) is 14.0. The lowest BCUT2D eigenvalue weighted by molar-refractivity contribution is 0.673. The van der Waals surface area contributed by atoms with Crippen LogP contribution in [0.2, 0.25) is 0 Å². The van der Waals surface area contributed by atoms with Gasteiger partial charge in [-0.2, -0.15) is 0 Å². The first kappa shape index (κ1) is 34.9. The molecule has 3 heterocycles. The van der Waals surface area contributed by atoms with Crippen molar-refractivity contribution in [1.82, 2.24) is 9.13 Å². The van der Waals surface area contributed by atoms with E-state index < -0.39 is 0 Å². The van der Waals surface area contributed by atoms with Crippen molar-refractivity contribution in [3.63, 3.8) is 0 Å². The molecule has 0 bridgehead atoms. The highest BCUT2D eigenvalue weighted by Gasteiger charge is 2.20. The first-order chi connectivity index (χ1) is 30.2. The number of aliphatic imine (C=N–C) groups is 1. The zero-order chi connectivity index (χ0) is 40.4. The Morgan fingerprint density at radius 1 is 0.492 bits per heavy atom. The third-order valence-electron chi connectivity index (χ3n) is 12.2.